The molecule has 0 heterocycles. The number of rotatable bonds is 4. The van der Waals surface area contributed by atoms with Crippen LogP contribution in [0.15, 0.2) is 36.4 Å². The number of carbonyl (C=O) groups excluding carboxylic acids is 1. The van der Waals surface area contributed by atoms with Crippen LogP contribution in [0.1, 0.15) is 22.8 Å². The van der Waals surface area contributed by atoms with Gasteiger partial charge in [0.2, 0.25) is 0 Å². The molecule has 0 aliphatic carbocycles. The van der Waals surface area contributed by atoms with Crippen molar-refractivity contribution >= 4 is 11.7 Å². The summed E-state index contributed by atoms with van der Waals surface area (Å²) in [4.78, 5) is 11.7. The van der Waals surface area contributed by atoms with Crippen LogP contribution in [0.5, 0.6) is 11.5 Å². The van der Waals surface area contributed by atoms with Crippen LogP contribution >= 0.6 is 0 Å². The van der Waals surface area contributed by atoms with Crippen LogP contribution in [0.4, 0.5) is 10.1 Å². The second kappa shape index (κ2) is 6.26. The van der Waals surface area contributed by atoms with E-state index in [1.165, 1.54) is 24.3 Å². The van der Waals surface area contributed by atoms with Gasteiger partial charge in [-0.2, -0.15) is 0 Å². The smallest absolute Gasteiger partial charge is 0.338 e. The van der Waals surface area contributed by atoms with Crippen molar-refractivity contribution in [1.29, 1.82) is 0 Å². The fourth-order valence-corrected chi connectivity index (χ4v) is 1.81. The standard InChI is InChI=1S/C16H16FNO3/c1-3-20-16(19)11-4-6-13(18)15(9-11)21-14-7-5-12(17)8-10(14)2/h4-9H,3,18H2,1-2H3. The van der Waals surface area contributed by atoms with Gasteiger partial charge >= 0.3 is 5.97 Å². The third-order valence-corrected chi connectivity index (χ3v) is 2.88. The van der Waals surface area contributed by atoms with Crippen molar-refractivity contribution in [3.05, 3.63) is 53.3 Å². The predicted octanol–water partition coefficient (Wildman–Crippen LogP) is 3.69. The number of ether oxygens (including phenoxy) is 2. The van der Waals surface area contributed by atoms with Gasteiger partial charge in [-0.3, -0.25) is 0 Å². The largest absolute Gasteiger partial charge is 0.462 e. The molecule has 0 fully saturated rings. The third-order valence-electron chi connectivity index (χ3n) is 2.88. The molecular formula is C16H16FNO3. The summed E-state index contributed by atoms with van der Waals surface area (Å²) in [6, 6.07) is 8.82. The van der Waals surface area contributed by atoms with Gasteiger partial charge in [0.1, 0.15) is 11.6 Å². The van der Waals surface area contributed by atoms with Crippen LogP contribution in [0, 0.1) is 12.7 Å². The second-order valence-corrected chi connectivity index (χ2v) is 4.48. The Morgan fingerprint density at radius 3 is 2.62 bits per heavy atom. The molecule has 0 radical (unpaired) electrons. The summed E-state index contributed by atoms with van der Waals surface area (Å²) in [5, 5.41) is 0. The van der Waals surface area contributed by atoms with E-state index in [0.29, 0.717) is 28.3 Å². The molecule has 5 heteroatoms. The van der Waals surface area contributed by atoms with E-state index >= 15 is 0 Å². The van der Waals surface area contributed by atoms with Crippen molar-refractivity contribution in [3.8, 4) is 11.5 Å². The zero-order valence-electron chi connectivity index (χ0n) is 11.9. The average molecular weight is 289 g/mol. The van der Waals surface area contributed by atoms with Crippen molar-refractivity contribution in [1.82, 2.24) is 0 Å². The highest BCUT2D eigenvalue weighted by atomic mass is 19.1. The lowest BCUT2D eigenvalue weighted by molar-refractivity contribution is 0.0526. The number of carbonyl (C=O) groups is 1. The Balaban J connectivity index is 2.30. The molecule has 0 unspecified atom stereocenters. The quantitative estimate of drug-likeness (QED) is 0.689. The number of halogens is 1. The van der Waals surface area contributed by atoms with E-state index < -0.39 is 5.97 Å². The second-order valence-electron chi connectivity index (χ2n) is 4.48. The van der Waals surface area contributed by atoms with E-state index in [4.69, 9.17) is 15.2 Å². The molecule has 0 aliphatic heterocycles. The maximum atomic E-state index is 13.1. The maximum absolute atomic E-state index is 13.1. The van der Waals surface area contributed by atoms with E-state index in [0.717, 1.165) is 0 Å². The SMILES string of the molecule is CCOC(=O)c1ccc(N)c(Oc2ccc(F)cc2C)c1. The monoisotopic (exact) mass is 289 g/mol. The number of hydrogen-bond acceptors (Lipinski definition) is 4. The first-order valence-corrected chi connectivity index (χ1v) is 6.52. The van der Waals surface area contributed by atoms with Crippen molar-refractivity contribution in [2.75, 3.05) is 12.3 Å². The van der Waals surface area contributed by atoms with Crippen molar-refractivity contribution < 1.29 is 18.7 Å². The fourth-order valence-electron chi connectivity index (χ4n) is 1.81. The lowest BCUT2D eigenvalue weighted by atomic mass is 10.2. The van der Waals surface area contributed by atoms with Gasteiger partial charge in [0.25, 0.3) is 0 Å². The van der Waals surface area contributed by atoms with Crippen LogP contribution in [-0.2, 0) is 4.74 Å². The van der Waals surface area contributed by atoms with Crippen LogP contribution in [0.2, 0.25) is 0 Å². The predicted molar refractivity (Wildman–Crippen MR) is 78.0 cm³/mol. The molecule has 0 bridgehead atoms. The molecule has 21 heavy (non-hydrogen) atoms. The zero-order chi connectivity index (χ0) is 15.4. The number of esters is 1. The number of aryl methyl sites for hydroxylation is 1. The van der Waals surface area contributed by atoms with E-state index in [1.807, 2.05) is 0 Å². The molecule has 4 nitrogen and oxygen atoms in total. The Morgan fingerprint density at radius 1 is 1.19 bits per heavy atom. The van der Waals surface area contributed by atoms with E-state index in [2.05, 4.69) is 0 Å². The van der Waals surface area contributed by atoms with Gasteiger partial charge in [-0.15, -0.1) is 0 Å². The molecule has 2 aromatic rings. The molecule has 2 aromatic carbocycles. The normalized spacial score (nSPS) is 10.2. The maximum Gasteiger partial charge on any atom is 0.338 e. The molecule has 2 N–H and O–H groups in total. The summed E-state index contributed by atoms with van der Waals surface area (Å²) in [6.45, 7) is 3.74. The summed E-state index contributed by atoms with van der Waals surface area (Å²) < 4.78 is 23.7. The molecule has 0 aromatic heterocycles. The molecule has 0 amide bonds. The van der Waals surface area contributed by atoms with Crippen molar-refractivity contribution in [2.45, 2.75) is 13.8 Å². The molecule has 0 saturated carbocycles. The minimum Gasteiger partial charge on any atom is -0.462 e. The summed E-state index contributed by atoms with van der Waals surface area (Å²) in [5.41, 5.74) is 7.20. The number of nitrogen functional groups attached to an aromatic ring is 1. The zero-order valence-corrected chi connectivity index (χ0v) is 11.9. The summed E-state index contributed by atoms with van der Waals surface area (Å²) >= 11 is 0. The van der Waals surface area contributed by atoms with Gasteiger partial charge in [0, 0.05) is 0 Å². The highest BCUT2D eigenvalue weighted by Crippen LogP contribution is 2.31. The third kappa shape index (κ3) is 3.51. The van der Waals surface area contributed by atoms with Crippen LogP contribution in [0.25, 0.3) is 0 Å². The minimum atomic E-state index is -0.446. The Labute approximate surface area is 122 Å². The summed E-state index contributed by atoms with van der Waals surface area (Å²) in [7, 11) is 0. The lowest BCUT2D eigenvalue weighted by Crippen LogP contribution is -2.05. The van der Waals surface area contributed by atoms with Gasteiger partial charge in [0.05, 0.1) is 17.9 Å². The molecule has 0 aliphatic rings. The van der Waals surface area contributed by atoms with Gasteiger partial charge in [-0.05, 0) is 55.8 Å². The van der Waals surface area contributed by atoms with Crippen LogP contribution in [-0.4, -0.2) is 12.6 Å². The van der Waals surface area contributed by atoms with Crippen molar-refractivity contribution in [2.24, 2.45) is 0 Å². The number of anilines is 1. The highest BCUT2D eigenvalue weighted by Gasteiger charge is 2.11. The fraction of sp³-hybridized carbons (Fsp3) is 0.188. The van der Waals surface area contributed by atoms with Crippen molar-refractivity contribution in [3.63, 3.8) is 0 Å². The Bertz CT molecular complexity index is 671. The highest BCUT2D eigenvalue weighted by molar-refractivity contribution is 5.90. The topological polar surface area (TPSA) is 61.5 Å². The average Bonchev–Trinajstić information content (AvgIpc) is 2.44. The summed E-state index contributed by atoms with van der Waals surface area (Å²) in [5.74, 6) is 0.0191. The van der Waals surface area contributed by atoms with Crippen LogP contribution in [0.3, 0.4) is 0 Å². The molecule has 2 rings (SSSR count). The molecule has 0 atom stereocenters. The Kier molecular flexibility index (Phi) is 4.42. The van der Waals surface area contributed by atoms with Crippen LogP contribution < -0.4 is 10.5 Å². The molecule has 0 spiro atoms. The van der Waals surface area contributed by atoms with E-state index in [-0.39, 0.29) is 12.4 Å². The van der Waals surface area contributed by atoms with Gasteiger partial charge in [0.15, 0.2) is 5.75 Å². The van der Waals surface area contributed by atoms with E-state index in [1.54, 1.807) is 26.0 Å². The number of nitrogens with two attached hydrogens (primary N) is 1. The summed E-state index contributed by atoms with van der Waals surface area (Å²) in [6.07, 6.45) is 0. The number of hydrogen-bond donors (Lipinski definition) is 1. The number of benzene rings is 2. The first kappa shape index (κ1) is 14.8. The minimum absolute atomic E-state index is 0.288. The Hall–Kier alpha value is -2.56. The molecule has 0 saturated heterocycles. The first-order chi connectivity index (χ1) is 10.0. The molecular weight excluding hydrogens is 273 g/mol. The molecule has 110 valence electrons. The van der Waals surface area contributed by atoms with Gasteiger partial charge < -0.3 is 15.2 Å². The van der Waals surface area contributed by atoms with Gasteiger partial charge in [-0.25, -0.2) is 9.18 Å². The van der Waals surface area contributed by atoms with E-state index in [9.17, 15) is 9.18 Å². The van der Waals surface area contributed by atoms with Gasteiger partial charge in [-0.1, -0.05) is 0 Å². The Morgan fingerprint density at radius 2 is 1.95 bits per heavy atom. The first-order valence-electron chi connectivity index (χ1n) is 6.52. The lowest BCUT2D eigenvalue weighted by Gasteiger charge is -2.12.